The normalized spacial score (nSPS) is 12.5. The molecule has 0 radical (unpaired) electrons. The number of hydrogen-bond acceptors (Lipinski definition) is 8. The van der Waals surface area contributed by atoms with Gasteiger partial charge in [-0.15, -0.1) is 0 Å². The van der Waals surface area contributed by atoms with E-state index in [1.165, 1.54) is 0 Å². The first-order valence-electron chi connectivity index (χ1n) is 5.39. The zero-order valence-corrected chi connectivity index (χ0v) is 12.2. The van der Waals surface area contributed by atoms with Crippen LogP contribution >= 0.6 is 0 Å². The van der Waals surface area contributed by atoms with Crippen LogP contribution in [-0.4, -0.2) is 31.0 Å². The lowest BCUT2D eigenvalue weighted by atomic mass is 10.1. The molecule has 0 aliphatic carbocycles. The minimum absolute atomic E-state index is 0.294. The number of nitrogens with two attached hydrogens (primary N) is 1. The molecule has 0 aromatic heterocycles. The molecule has 0 saturated carbocycles. The number of nitrogens with one attached hydrogen (secondary N) is 1. The number of hydrogen-bond donors (Lipinski definition) is 5. The quantitative estimate of drug-likeness (QED) is 0.311. The third kappa shape index (κ3) is 2.48. The summed E-state index contributed by atoms with van der Waals surface area (Å²) in [6.07, 6.45) is 0. The third-order valence-corrected chi connectivity index (χ3v) is 4.68. The van der Waals surface area contributed by atoms with Crippen LogP contribution in [0.25, 0.3) is 10.8 Å². The smallest absolute Gasteiger partial charge is 0.296 e. The van der Waals surface area contributed by atoms with Gasteiger partial charge in [-0.25, -0.2) is 5.53 Å². The number of phenolic OH excluding ortho intramolecular Hbond substituents is 1. The number of anilines is 1. The fraction of sp³-hybridized carbons (Fsp3) is 0. The van der Waals surface area contributed by atoms with E-state index >= 15 is 0 Å². The van der Waals surface area contributed by atoms with Crippen LogP contribution < -0.4 is 5.73 Å². The summed E-state index contributed by atoms with van der Waals surface area (Å²) in [6, 6.07) is 2.63. The highest BCUT2D eigenvalue weighted by Gasteiger charge is 2.26. The number of phenols is 1. The van der Waals surface area contributed by atoms with Crippen molar-refractivity contribution in [2.75, 3.05) is 5.73 Å². The number of fused-ring (bicyclic) bond motifs is 1. The van der Waals surface area contributed by atoms with E-state index in [9.17, 15) is 26.5 Å². The Kier molecular flexibility index (Phi) is 3.57. The Hall–Kier alpha value is -2.28. The van der Waals surface area contributed by atoms with E-state index in [2.05, 4.69) is 5.11 Å². The molecule has 0 saturated heterocycles. The highest BCUT2D eigenvalue weighted by atomic mass is 32.2. The molecule has 0 fully saturated rings. The van der Waals surface area contributed by atoms with E-state index in [-0.39, 0.29) is 11.1 Å². The Bertz CT molecular complexity index is 1010. The summed E-state index contributed by atoms with van der Waals surface area (Å²) in [4.78, 5) is -1.89. The van der Waals surface area contributed by atoms with Crippen molar-refractivity contribution in [3.8, 4) is 5.75 Å². The lowest BCUT2D eigenvalue weighted by Gasteiger charge is -2.12. The molecule has 12 heteroatoms. The monoisotopic (exact) mass is 347 g/mol. The highest BCUT2D eigenvalue weighted by Crippen LogP contribution is 2.43. The molecule has 2 aromatic rings. The maximum Gasteiger partial charge on any atom is 0.296 e. The molecule has 2 rings (SSSR count). The Labute approximate surface area is 124 Å². The topological polar surface area (TPSA) is 191 Å². The average molecular weight is 347 g/mol. The molecule has 10 nitrogen and oxygen atoms in total. The molecule has 118 valence electrons. The fourth-order valence-electron chi connectivity index (χ4n) is 1.97. The molecule has 22 heavy (non-hydrogen) atoms. The van der Waals surface area contributed by atoms with Gasteiger partial charge in [0.1, 0.15) is 15.5 Å². The van der Waals surface area contributed by atoms with Gasteiger partial charge < -0.3 is 10.8 Å². The standard InChI is InChI=1S/C10H9N3O7S2/c11-9-7(22(18,19)20)3-6(21(15,16)17)4-1-2-5(13-12)10(14)8(4)9/h1-3,12,14H,11H2,(H,15,16,17)(H,18,19,20). The molecule has 0 spiro atoms. The zero-order valence-electron chi connectivity index (χ0n) is 10.5. The number of nitrogen functional groups attached to an aromatic ring is 1. The molecule has 0 bridgehead atoms. The minimum Gasteiger partial charge on any atom is -0.505 e. The van der Waals surface area contributed by atoms with Gasteiger partial charge in [0.05, 0.1) is 11.1 Å². The van der Waals surface area contributed by atoms with E-state index < -0.39 is 46.9 Å². The number of rotatable bonds is 3. The van der Waals surface area contributed by atoms with Crippen LogP contribution in [0.4, 0.5) is 11.4 Å². The van der Waals surface area contributed by atoms with Crippen LogP contribution in [0.2, 0.25) is 0 Å². The number of benzene rings is 2. The van der Waals surface area contributed by atoms with Gasteiger partial charge in [0.25, 0.3) is 20.2 Å². The van der Waals surface area contributed by atoms with Gasteiger partial charge in [-0.2, -0.15) is 21.9 Å². The molecule has 0 heterocycles. The summed E-state index contributed by atoms with van der Waals surface area (Å²) in [7, 11) is -9.82. The van der Waals surface area contributed by atoms with Crippen molar-refractivity contribution in [2.45, 2.75) is 9.79 Å². The first-order chi connectivity index (χ1) is 9.98. The number of aromatic hydroxyl groups is 1. The van der Waals surface area contributed by atoms with E-state index in [1.807, 2.05) is 0 Å². The van der Waals surface area contributed by atoms with Crippen LogP contribution in [0, 0.1) is 5.53 Å². The van der Waals surface area contributed by atoms with Crippen molar-refractivity contribution in [1.82, 2.24) is 0 Å². The van der Waals surface area contributed by atoms with E-state index in [0.29, 0.717) is 6.07 Å². The Morgan fingerprint density at radius 1 is 1.05 bits per heavy atom. The van der Waals surface area contributed by atoms with Crippen molar-refractivity contribution >= 4 is 42.4 Å². The van der Waals surface area contributed by atoms with Gasteiger partial charge in [-0.3, -0.25) is 9.11 Å². The van der Waals surface area contributed by atoms with Crippen molar-refractivity contribution in [3.05, 3.63) is 18.2 Å². The molecule has 0 aliphatic rings. The maximum atomic E-state index is 11.4. The fourth-order valence-corrected chi connectivity index (χ4v) is 3.41. The maximum absolute atomic E-state index is 11.4. The SMILES string of the molecule is N=Nc1ccc2c(S(=O)(=O)O)cc(S(=O)(=O)O)c(N)c2c1O. The third-order valence-electron chi connectivity index (χ3n) is 2.90. The lowest BCUT2D eigenvalue weighted by Crippen LogP contribution is -2.08. The molecule has 6 N–H and O–H groups in total. The average Bonchev–Trinajstić information content (AvgIpc) is 2.36. The summed E-state index contributed by atoms with van der Waals surface area (Å²) in [5.41, 5.74) is 11.5. The highest BCUT2D eigenvalue weighted by molar-refractivity contribution is 7.87. The first-order valence-corrected chi connectivity index (χ1v) is 8.27. The van der Waals surface area contributed by atoms with Crippen molar-refractivity contribution in [2.24, 2.45) is 5.11 Å². The molecule has 0 unspecified atom stereocenters. The summed E-state index contributed by atoms with van der Waals surface area (Å²) in [5.74, 6) is -0.764. The van der Waals surface area contributed by atoms with Crippen molar-refractivity contribution in [1.29, 1.82) is 5.53 Å². The van der Waals surface area contributed by atoms with Crippen molar-refractivity contribution < 1.29 is 31.0 Å². The van der Waals surface area contributed by atoms with Crippen LogP contribution in [-0.2, 0) is 20.2 Å². The van der Waals surface area contributed by atoms with Crippen LogP contribution in [0.3, 0.4) is 0 Å². The molecule has 2 aromatic carbocycles. The van der Waals surface area contributed by atoms with E-state index in [4.69, 9.17) is 15.8 Å². The largest absolute Gasteiger partial charge is 0.505 e. The molecule has 0 aliphatic heterocycles. The van der Waals surface area contributed by atoms with Crippen molar-refractivity contribution in [3.63, 3.8) is 0 Å². The van der Waals surface area contributed by atoms with Gasteiger partial charge in [-0.05, 0) is 12.1 Å². The lowest BCUT2D eigenvalue weighted by molar-refractivity contribution is 0.480. The summed E-state index contributed by atoms with van der Waals surface area (Å²) >= 11 is 0. The summed E-state index contributed by atoms with van der Waals surface area (Å²) in [5, 5.41) is 12.2. The Morgan fingerprint density at radius 3 is 2.05 bits per heavy atom. The second kappa shape index (κ2) is 4.88. The second-order valence-electron chi connectivity index (χ2n) is 4.20. The van der Waals surface area contributed by atoms with Gasteiger partial charge in [0, 0.05) is 5.39 Å². The van der Waals surface area contributed by atoms with Crippen LogP contribution in [0.1, 0.15) is 0 Å². The molecular formula is C10H9N3O7S2. The molecular weight excluding hydrogens is 338 g/mol. The van der Waals surface area contributed by atoms with Gasteiger partial charge in [0.15, 0.2) is 5.75 Å². The predicted molar refractivity (Wildman–Crippen MR) is 74.5 cm³/mol. The van der Waals surface area contributed by atoms with Gasteiger partial charge in [0.2, 0.25) is 0 Å². The first kappa shape index (κ1) is 16.1. The zero-order chi connectivity index (χ0) is 16.9. The number of nitrogens with zero attached hydrogens (tertiary/aromatic N) is 1. The summed E-state index contributed by atoms with van der Waals surface area (Å²) < 4.78 is 63.7. The van der Waals surface area contributed by atoms with Crippen LogP contribution in [0.15, 0.2) is 33.1 Å². The second-order valence-corrected chi connectivity index (χ2v) is 6.98. The van der Waals surface area contributed by atoms with E-state index in [1.54, 1.807) is 0 Å². The van der Waals surface area contributed by atoms with Gasteiger partial charge in [-0.1, -0.05) is 6.07 Å². The van der Waals surface area contributed by atoms with E-state index in [0.717, 1.165) is 12.1 Å². The predicted octanol–water partition coefficient (Wildman–Crippen LogP) is 1.28. The van der Waals surface area contributed by atoms with Crippen LogP contribution in [0.5, 0.6) is 5.75 Å². The molecule has 0 amide bonds. The summed E-state index contributed by atoms with van der Waals surface area (Å²) in [6.45, 7) is 0. The minimum atomic E-state index is -4.93. The van der Waals surface area contributed by atoms with Gasteiger partial charge >= 0.3 is 0 Å². The molecule has 0 atom stereocenters. The Balaban J connectivity index is 3.21. The Morgan fingerprint density at radius 2 is 1.59 bits per heavy atom.